The lowest BCUT2D eigenvalue weighted by Crippen LogP contribution is -2.21. The van der Waals surface area contributed by atoms with Crippen LogP contribution in [0.1, 0.15) is 49.7 Å². The lowest BCUT2D eigenvalue weighted by Gasteiger charge is -2.19. The Morgan fingerprint density at radius 1 is 1.27 bits per heavy atom. The summed E-state index contributed by atoms with van der Waals surface area (Å²) in [5, 5.41) is 21.0. The summed E-state index contributed by atoms with van der Waals surface area (Å²) in [6, 6.07) is 8.15. The molecule has 1 fully saturated rings. The lowest BCUT2D eigenvalue weighted by atomic mass is 9.88. The van der Waals surface area contributed by atoms with Crippen molar-refractivity contribution >= 4 is 5.91 Å². The zero-order valence-corrected chi connectivity index (χ0v) is 18.6. The third-order valence-electron chi connectivity index (χ3n) is 6.83. The first-order chi connectivity index (χ1) is 14.3. The summed E-state index contributed by atoms with van der Waals surface area (Å²) in [7, 11) is 3.61. The topological polar surface area (TPSA) is 60.8 Å². The molecule has 0 aliphatic heterocycles. The maximum atomic E-state index is 11.7. The van der Waals surface area contributed by atoms with Crippen molar-refractivity contribution in [2.45, 2.75) is 64.1 Å². The van der Waals surface area contributed by atoms with Gasteiger partial charge in [0.25, 0.3) is 0 Å². The number of amides is 1. The summed E-state index contributed by atoms with van der Waals surface area (Å²) >= 11 is 0. The van der Waals surface area contributed by atoms with Crippen LogP contribution in [0, 0.1) is 24.7 Å². The monoisotopic (exact) mass is 411 g/mol. The summed E-state index contributed by atoms with van der Waals surface area (Å²) in [4.78, 5) is 13.4. The fourth-order valence-corrected chi connectivity index (χ4v) is 5.03. The van der Waals surface area contributed by atoms with E-state index in [4.69, 9.17) is 0 Å². The smallest absolute Gasteiger partial charge is 0.222 e. The van der Waals surface area contributed by atoms with Crippen molar-refractivity contribution in [1.29, 1.82) is 0 Å². The number of hydrogen-bond acceptors (Lipinski definition) is 3. The number of carbonyl (C=O) groups is 1. The average Bonchev–Trinajstić information content (AvgIpc) is 3.21. The van der Waals surface area contributed by atoms with Crippen LogP contribution in [0.15, 0.2) is 48.1 Å². The molecule has 0 spiro atoms. The Hall–Kier alpha value is -1.91. The molecular weight excluding hydrogens is 374 g/mol. The van der Waals surface area contributed by atoms with E-state index in [1.165, 1.54) is 11.1 Å². The van der Waals surface area contributed by atoms with Crippen molar-refractivity contribution in [1.82, 2.24) is 4.90 Å². The molecule has 1 amide bonds. The van der Waals surface area contributed by atoms with Gasteiger partial charge in [-0.25, -0.2) is 0 Å². The fraction of sp³-hybridized carbons (Fsp3) is 0.577. The van der Waals surface area contributed by atoms with Crippen LogP contribution in [0.5, 0.6) is 0 Å². The highest BCUT2D eigenvalue weighted by Crippen LogP contribution is 2.48. The molecule has 5 atom stereocenters. The second kappa shape index (κ2) is 10.4. The van der Waals surface area contributed by atoms with E-state index < -0.39 is 6.10 Å². The highest BCUT2D eigenvalue weighted by Gasteiger charge is 2.43. The van der Waals surface area contributed by atoms with Gasteiger partial charge in [-0.1, -0.05) is 48.1 Å². The number of nitrogens with zero attached hydrogens (tertiary/aromatic N) is 1. The van der Waals surface area contributed by atoms with Gasteiger partial charge in [0.2, 0.25) is 5.91 Å². The van der Waals surface area contributed by atoms with E-state index in [0.717, 1.165) is 37.7 Å². The van der Waals surface area contributed by atoms with Gasteiger partial charge in [-0.2, -0.15) is 0 Å². The highest BCUT2D eigenvalue weighted by molar-refractivity contribution is 5.75. The average molecular weight is 412 g/mol. The Morgan fingerprint density at radius 3 is 2.77 bits per heavy atom. The minimum absolute atomic E-state index is 0.116. The fourth-order valence-electron chi connectivity index (χ4n) is 5.03. The number of aryl methyl sites for hydroxylation is 1. The molecular formula is C26H37NO3. The summed E-state index contributed by atoms with van der Waals surface area (Å²) in [6.07, 6.45) is 11.6. The lowest BCUT2D eigenvalue weighted by molar-refractivity contribution is -0.128. The molecule has 1 aromatic rings. The van der Waals surface area contributed by atoms with Crippen LogP contribution in [0.4, 0.5) is 0 Å². The van der Waals surface area contributed by atoms with Crippen LogP contribution in [-0.2, 0) is 11.2 Å². The molecule has 4 nitrogen and oxygen atoms in total. The van der Waals surface area contributed by atoms with E-state index in [1.807, 2.05) is 18.2 Å². The predicted molar refractivity (Wildman–Crippen MR) is 121 cm³/mol. The Kier molecular flexibility index (Phi) is 7.90. The molecule has 164 valence electrons. The number of aliphatic hydroxyl groups is 2. The molecule has 0 heterocycles. The Bertz CT molecular complexity index is 782. The van der Waals surface area contributed by atoms with Crippen LogP contribution in [0.2, 0.25) is 0 Å². The molecule has 1 aromatic carbocycles. The number of carbonyl (C=O) groups excluding carboxylic acids is 1. The second-order valence-electron chi connectivity index (χ2n) is 9.32. The van der Waals surface area contributed by atoms with E-state index in [1.54, 1.807) is 19.0 Å². The highest BCUT2D eigenvalue weighted by atomic mass is 16.3. The normalized spacial score (nSPS) is 26.6. The first-order valence-electron chi connectivity index (χ1n) is 11.3. The van der Waals surface area contributed by atoms with Crippen molar-refractivity contribution < 1.29 is 15.0 Å². The number of fused-ring (bicyclic) bond motifs is 1. The number of rotatable bonds is 9. The van der Waals surface area contributed by atoms with Gasteiger partial charge in [0.15, 0.2) is 0 Å². The van der Waals surface area contributed by atoms with Crippen LogP contribution >= 0.6 is 0 Å². The molecule has 0 aromatic heterocycles. The second-order valence-corrected chi connectivity index (χ2v) is 9.32. The first kappa shape index (κ1) is 22.8. The largest absolute Gasteiger partial charge is 0.392 e. The molecule has 4 heteroatoms. The van der Waals surface area contributed by atoms with Gasteiger partial charge in [-0.3, -0.25) is 4.79 Å². The standard InChI is InChI=1S/C26H37NO3/c1-18-8-4-6-10-20(18)16-22(28)12-13-23-24-15-19(14-21(24)17-25(23)29)9-5-7-11-26(30)27(2)3/h4,6,8,10,12-14,21-25,28-29H,5,7,9,11,15-17H2,1-3H3/t21-,22-,23+,24-,25+/m0/s1. The van der Waals surface area contributed by atoms with Crippen LogP contribution in [0.3, 0.4) is 0 Å². The van der Waals surface area contributed by atoms with Gasteiger partial charge in [0.1, 0.15) is 0 Å². The van der Waals surface area contributed by atoms with Gasteiger partial charge in [-0.05, 0) is 62.0 Å². The molecule has 2 aliphatic carbocycles. The van der Waals surface area contributed by atoms with E-state index >= 15 is 0 Å². The number of allylic oxidation sites excluding steroid dienone is 2. The molecule has 30 heavy (non-hydrogen) atoms. The number of aliphatic hydroxyl groups excluding tert-OH is 2. The number of hydrogen-bond donors (Lipinski definition) is 2. The van der Waals surface area contributed by atoms with Crippen molar-refractivity contribution in [3.05, 3.63) is 59.2 Å². The SMILES string of the molecule is Cc1ccccc1C[C@@H](O)C=C[C@@H]1[C@H]2CC(CCCCC(=O)N(C)C)=C[C@H]2C[C@H]1O. The molecule has 3 rings (SSSR count). The minimum atomic E-state index is -0.527. The summed E-state index contributed by atoms with van der Waals surface area (Å²) < 4.78 is 0. The Balaban J connectivity index is 1.48. The van der Waals surface area contributed by atoms with Gasteiger partial charge < -0.3 is 15.1 Å². The van der Waals surface area contributed by atoms with Crippen LogP contribution < -0.4 is 0 Å². The maximum absolute atomic E-state index is 11.7. The van der Waals surface area contributed by atoms with Crippen LogP contribution in [-0.4, -0.2) is 47.3 Å². The van der Waals surface area contributed by atoms with Crippen molar-refractivity contribution in [2.24, 2.45) is 17.8 Å². The van der Waals surface area contributed by atoms with Gasteiger partial charge in [0.05, 0.1) is 12.2 Å². The molecule has 0 unspecified atom stereocenters. The van der Waals surface area contributed by atoms with Gasteiger partial charge >= 0.3 is 0 Å². The molecule has 1 saturated carbocycles. The minimum Gasteiger partial charge on any atom is -0.392 e. The van der Waals surface area contributed by atoms with Crippen molar-refractivity contribution in [2.75, 3.05) is 14.1 Å². The quantitative estimate of drug-likeness (QED) is 0.476. The summed E-state index contributed by atoms with van der Waals surface area (Å²) in [6.45, 7) is 2.07. The van der Waals surface area contributed by atoms with Crippen molar-refractivity contribution in [3.8, 4) is 0 Å². The summed E-state index contributed by atoms with van der Waals surface area (Å²) in [5.41, 5.74) is 3.84. The molecule has 0 radical (unpaired) electrons. The first-order valence-corrected chi connectivity index (χ1v) is 11.3. The Morgan fingerprint density at radius 2 is 2.03 bits per heavy atom. The van der Waals surface area contributed by atoms with Gasteiger partial charge in [-0.15, -0.1) is 0 Å². The molecule has 0 bridgehead atoms. The zero-order chi connectivity index (χ0) is 21.7. The maximum Gasteiger partial charge on any atom is 0.222 e. The Labute approximate surface area is 181 Å². The van der Waals surface area contributed by atoms with Crippen molar-refractivity contribution in [3.63, 3.8) is 0 Å². The zero-order valence-electron chi connectivity index (χ0n) is 18.6. The van der Waals surface area contributed by atoms with E-state index in [2.05, 4.69) is 31.2 Å². The third kappa shape index (κ3) is 5.83. The predicted octanol–water partition coefficient (Wildman–Crippen LogP) is 4.05. The van der Waals surface area contributed by atoms with Crippen LogP contribution in [0.25, 0.3) is 0 Å². The molecule has 2 N–H and O–H groups in total. The van der Waals surface area contributed by atoms with E-state index in [-0.39, 0.29) is 17.9 Å². The van der Waals surface area contributed by atoms with E-state index in [0.29, 0.717) is 24.7 Å². The van der Waals surface area contributed by atoms with E-state index in [9.17, 15) is 15.0 Å². The summed E-state index contributed by atoms with van der Waals surface area (Å²) in [5.74, 6) is 1.21. The number of unbranched alkanes of at least 4 members (excludes halogenated alkanes) is 1. The molecule has 0 saturated heterocycles. The third-order valence-corrected chi connectivity index (χ3v) is 6.83. The number of benzene rings is 1. The van der Waals surface area contributed by atoms with Gasteiger partial charge in [0, 0.05) is 32.9 Å². The molecule has 2 aliphatic rings.